The molecule has 114 valence electrons. The van der Waals surface area contributed by atoms with Crippen LogP contribution in [0.5, 0.6) is 0 Å². The standard InChI is InChI=1S/C19H33N/c1-13(2)12-19(20-15(5)6)16(7)18-11-9-8-10-17(18)14(3)4/h8-11,13-16,19-20H,12H2,1-7H3. The third kappa shape index (κ3) is 4.94. The second-order valence-corrected chi connectivity index (χ2v) is 7.13. The summed E-state index contributed by atoms with van der Waals surface area (Å²) in [6, 6.07) is 10.0. The molecule has 1 nitrogen and oxygen atoms in total. The van der Waals surface area contributed by atoms with E-state index in [4.69, 9.17) is 0 Å². The molecule has 0 saturated heterocycles. The lowest BCUT2D eigenvalue weighted by atomic mass is 9.83. The molecule has 2 unspecified atom stereocenters. The van der Waals surface area contributed by atoms with Crippen molar-refractivity contribution in [2.75, 3.05) is 0 Å². The lowest BCUT2D eigenvalue weighted by Crippen LogP contribution is -2.39. The highest BCUT2D eigenvalue weighted by Gasteiger charge is 2.23. The molecule has 0 aliphatic heterocycles. The van der Waals surface area contributed by atoms with Gasteiger partial charge < -0.3 is 5.32 Å². The molecule has 0 bridgehead atoms. The van der Waals surface area contributed by atoms with Crippen LogP contribution in [0, 0.1) is 5.92 Å². The van der Waals surface area contributed by atoms with E-state index >= 15 is 0 Å². The van der Waals surface area contributed by atoms with Gasteiger partial charge in [0.2, 0.25) is 0 Å². The van der Waals surface area contributed by atoms with Crippen molar-refractivity contribution in [2.45, 2.75) is 78.8 Å². The third-order valence-electron chi connectivity index (χ3n) is 3.98. The van der Waals surface area contributed by atoms with Crippen molar-refractivity contribution in [3.05, 3.63) is 35.4 Å². The smallest absolute Gasteiger partial charge is 0.0138 e. The van der Waals surface area contributed by atoms with E-state index in [2.05, 4.69) is 78.0 Å². The van der Waals surface area contributed by atoms with Crippen LogP contribution in [-0.4, -0.2) is 12.1 Å². The van der Waals surface area contributed by atoms with Crippen LogP contribution in [0.15, 0.2) is 24.3 Å². The van der Waals surface area contributed by atoms with Crippen molar-refractivity contribution in [3.63, 3.8) is 0 Å². The van der Waals surface area contributed by atoms with Gasteiger partial charge in [0.05, 0.1) is 0 Å². The van der Waals surface area contributed by atoms with Crippen molar-refractivity contribution in [3.8, 4) is 0 Å². The number of hydrogen-bond acceptors (Lipinski definition) is 1. The summed E-state index contributed by atoms with van der Waals surface area (Å²) >= 11 is 0. The molecular formula is C19H33N. The Morgan fingerprint density at radius 2 is 1.40 bits per heavy atom. The molecule has 0 aromatic heterocycles. The minimum Gasteiger partial charge on any atom is -0.311 e. The van der Waals surface area contributed by atoms with Crippen LogP contribution in [0.2, 0.25) is 0 Å². The van der Waals surface area contributed by atoms with E-state index in [1.807, 2.05) is 0 Å². The first-order chi connectivity index (χ1) is 9.32. The van der Waals surface area contributed by atoms with Gasteiger partial charge in [-0.25, -0.2) is 0 Å². The Hall–Kier alpha value is -0.820. The molecule has 1 aromatic rings. The monoisotopic (exact) mass is 275 g/mol. The quantitative estimate of drug-likeness (QED) is 0.709. The predicted octanol–water partition coefficient (Wildman–Crippen LogP) is 5.33. The maximum absolute atomic E-state index is 3.78. The maximum Gasteiger partial charge on any atom is 0.0138 e. The van der Waals surface area contributed by atoms with Crippen LogP contribution in [0.25, 0.3) is 0 Å². The lowest BCUT2D eigenvalue weighted by molar-refractivity contribution is 0.351. The Morgan fingerprint density at radius 3 is 1.85 bits per heavy atom. The maximum atomic E-state index is 3.78. The van der Waals surface area contributed by atoms with Gasteiger partial charge in [0, 0.05) is 12.1 Å². The lowest BCUT2D eigenvalue weighted by Gasteiger charge is -2.31. The fraction of sp³-hybridized carbons (Fsp3) is 0.684. The topological polar surface area (TPSA) is 12.0 Å². The van der Waals surface area contributed by atoms with E-state index in [1.54, 1.807) is 0 Å². The summed E-state index contributed by atoms with van der Waals surface area (Å²) in [4.78, 5) is 0. The van der Waals surface area contributed by atoms with E-state index < -0.39 is 0 Å². The molecule has 0 heterocycles. The SMILES string of the molecule is CC(C)CC(NC(C)C)C(C)c1ccccc1C(C)C. The molecule has 0 fully saturated rings. The zero-order chi connectivity index (χ0) is 15.3. The highest BCUT2D eigenvalue weighted by Crippen LogP contribution is 2.30. The van der Waals surface area contributed by atoms with E-state index in [-0.39, 0.29) is 0 Å². The molecule has 0 saturated carbocycles. The van der Waals surface area contributed by atoms with Gasteiger partial charge in [0.1, 0.15) is 0 Å². The minimum atomic E-state index is 0.535. The molecule has 2 atom stereocenters. The number of benzene rings is 1. The minimum absolute atomic E-state index is 0.535. The van der Waals surface area contributed by atoms with E-state index in [0.717, 1.165) is 5.92 Å². The first kappa shape index (κ1) is 17.2. The van der Waals surface area contributed by atoms with Gasteiger partial charge in [-0.2, -0.15) is 0 Å². The molecular weight excluding hydrogens is 242 g/mol. The second-order valence-electron chi connectivity index (χ2n) is 7.13. The predicted molar refractivity (Wildman–Crippen MR) is 90.5 cm³/mol. The summed E-state index contributed by atoms with van der Waals surface area (Å²) in [5.74, 6) is 1.87. The molecule has 1 N–H and O–H groups in total. The van der Waals surface area contributed by atoms with Crippen molar-refractivity contribution < 1.29 is 0 Å². The van der Waals surface area contributed by atoms with Gasteiger partial charge in [-0.3, -0.25) is 0 Å². The average Bonchev–Trinajstić information content (AvgIpc) is 2.36. The van der Waals surface area contributed by atoms with Crippen LogP contribution in [0.3, 0.4) is 0 Å². The highest BCUT2D eigenvalue weighted by molar-refractivity contribution is 5.33. The van der Waals surface area contributed by atoms with Crippen molar-refractivity contribution in [1.82, 2.24) is 5.32 Å². The number of hydrogen-bond donors (Lipinski definition) is 1. The summed E-state index contributed by atoms with van der Waals surface area (Å²) < 4.78 is 0. The summed E-state index contributed by atoms with van der Waals surface area (Å²) in [6.07, 6.45) is 1.23. The van der Waals surface area contributed by atoms with Crippen LogP contribution in [-0.2, 0) is 0 Å². The molecule has 1 aromatic carbocycles. The molecule has 0 aliphatic carbocycles. The van der Waals surface area contributed by atoms with Crippen molar-refractivity contribution in [1.29, 1.82) is 0 Å². The Labute approximate surface area is 126 Å². The Kier molecular flexibility index (Phi) is 6.75. The molecule has 0 amide bonds. The van der Waals surface area contributed by atoms with Gasteiger partial charge >= 0.3 is 0 Å². The zero-order valence-electron chi connectivity index (χ0n) is 14.4. The van der Waals surface area contributed by atoms with E-state index in [0.29, 0.717) is 23.9 Å². The average molecular weight is 275 g/mol. The van der Waals surface area contributed by atoms with Crippen LogP contribution >= 0.6 is 0 Å². The number of nitrogens with one attached hydrogen (secondary N) is 1. The third-order valence-corrected chi connectivity index (χ3v) is 3.98. The fourth-order valence-electron chi connectivity index (χ4n) is 3.02. The van der Waals surface area contributed by atoms with Gasteiger partial charge in [-0.15, -0.1) is 0 Å². The van der Waals surface area contributed by atoms with Crippen LogP contribution in [0.4, 0.5) is 0 Å². The fourth-order valence-corrected chi connectivity index (χ4v) is 3.02. The summed E-state index contributed by atoms with van der Waals surface area (Å²) in [5.41, 5.74) is 3.01. The van der Waals surface area contributed by atoms with Crippen LogP contribution in [0.1, 0.15) is 77.8 Å². The molecule has 20 heavy (non-hydrogen) atoms. The van der Waals surface area contributed by atoms with Crippen molar-refractivity contribution in [2.24, 2.45) is 5.92 Å². The second kappa shape index (κ2) is 7.83. The van der Waals surface area contributed by atoms with E-state index in [1.165, 1.54) is 17.5 Å². The van der Waals surface area contributed by atoms with E-state index in [9.17, 15) is 0 Å². The van der Waals surface area contributed by atoms with Gasteiger partial charge in [-0.05, 0) is 35.3 Å². The summed E-state index contributed by atoms with van der Waals surface area (Å²) in [5, 5.41) is 3.78. The molecule has 0 spiro atoms. The number of rotatable bonds is 7. The Morgan fingerprint density at radius 1 is 0.850 bits per heavy atom. The van der Waals surface area contributed by atoms with Crippen molar-refractivity contribution >= 4 is 0 Å². The molecule has 0 radical (unpaired) electrons. The zero-order valence-corrected chi connectivity index (χ0v) is 14.4. The molecule has 0 aliphatic rings. The largest absolute Gasteiger partial charge is 0.311 e. The van der Waals surface area contributed by atoms with Gasteiger partial charge in [0.25, 0.3) is 0 Å². The first-order valence-electron chi connectivity index (χ1n) is 8.17. The van der Waals surface area contributed by atoms with Crippen LogP contribution < -0.4 is 5.32 Å². The first-order valence-corrected chi connectivity index (χ1v) is 8.17. The van der Waals surface area contributed by atoms with Gasteiger partial charge in [0.15, 0.2) is 0 Å². The molecule has 1 heteroatoms. The normalized spacial score (nSPS) is 15.1. The Bertz CT molecular complexity index is 383. The van der Waals surface area contributed by atoms with Gasteiger partial charge in [-0.1, -0.05) is 72.7 Å². The summed E-state index contributed by atoms with van der Waals surface area (Å²) in [7, 11) is 0. The summed E-state index contributed by atoms with van der Waals surface area (Å²) in [6.45, 7) is 16.1. The Balaban J connectivity index is 3.01. The molecule has 1 rings (SSSR count). The highest BCUT2D eigenvalue weighted by atomic mass is 14.9.